The van der Waals surface area contributed by atoms with Gasteiger partial charge in [0.15, 0.2) is 5.96 Å². The summed E-state index contributed by atoms with van der Waals surface area (Å²) in [6, 6.07) is 6.13. The molecule has 3 saturated heterocycles. The number of nitrogens with zero attached hydrogens (tertiary/aromatic N) is 7. The average Bonchev–Trinajstić information content (AvgIpc) is 4.01. The fourth-order valence-electron chi connectivity index (χ4n) is 10.7. The zero-order valence-corrected chi connectivity index (χ0v) is 49.2. The van der Waals surface area contributed by atoms with E-state index in [0.717, 1.165) is 17.3 Å². The molecule has 3 heterocycles. The van der Waals surface area contributed by atoms with Crippen molar-refractivity contribution in [3.05, 3.63) is 35.9 Å². The highest BCUT2D eigenvalue weighted by atomic mass is 32.2. The molecule has 0 saturated carbocycles. The highest BCUT2D eigenvalue weighted by molar-refractivity contribution is 8.00. The van der Waals surface area contributed by atoms with Crippen molar-refractivity contribution in [2.24, 2.45) is 28.7 Å². The number of hydrogen-bond donors (Lipinski definition) is 4. The van der Waals surface area contributed by atoms with Gasteiger partial charge in [-0.2, -0.15) is 0 Å². The maximum Gasteiger partial charge on any atom is 0.326 e. The van der Waals surface area contributed by atoms with Gasteiger partial charge in [-0.3, -0.25) is 43.3 Å². The smallest absolute Gasteiger partial charge is 0.326 e. The van der Waals surface area contributed by atoms with Crippen molar-refractivity contribution in [3.8, 4) is 0 Å². The molecular weight excluding hydrogens is 1040 g/mol. The van der Waals surface area contributed by atoms with E-state index in [9.17, 15) is 53.4 Å². The number of aliphatic imine (C=N–C) groups is 1. The Labute approximate surface area is 471 Å². The van der Waals surface area contributed by atoms with Gasteiger partial charge in [-0.1, -0.05) is 77.8 Å². The topological polar surface area (TPSA) is 268 Å². The number of aliphatic carboxylic acids is 2. The Morgan fingerprint density at radius 2 is 1.52 bits per heavy atom. The number of hydrogen-bond acceptors (Lipinski definition) is 13. The minimum atomic E-state index is -1.16. The standard InChI is InChI=1S/C56H89N9O13S/c1-12-36(4)49(43(77-10)31-46(68)64-25-19-22-42(64)50(78-11)37(5)51(70)58-41(55(75)76)30-39-20-15-13-16-21-39)61(9)53(72)48(35(2)3)59-56(60(7)8)63-28-26-62(27-29-63)45(67)23-17-14-18-24-65-47(69)32-44(52(65)71)79-34-40(54(73)74)33-57-38(6)66/h13,15-16,20-21,35-37,40-44,48-50H,12,14,17-19,22-34H2,1-11H3,(H,57,66)(H,58,70)(H,73,74)(H,75,76)/b59-56+/t36-,37+,40-,41-,42-,43+,44?,48-,49-,50+/m0/s1. The van der Waals surface area contributed by atoms with Gasteiger partial charge in [0.2, 0.25) is 41.4 Å². The first-order chi connectivity index (χ1) is 37.4. The molecule has 3 aliphatic heterocycles. The van der Waals surface area contributed by atoms with E-state index in [2.05, 4.69) is 15.5 Å². The Morgan fingerprint density at radius 1 is 0.861 bits per heavy atom. The quantitative estimate of drug-likeness (QED) is 0.0373. The number of piperazine rings is 1. The number of carbonyl (C=O) groups excluding carboxylic acids is 7. The van der Waals surface area contributed by atoms with Crippen molar-refractivity contribution in [1.82, 2.24) is 40.0 Å². The fraction of sp³-hybridized carbons (Fsp3) is 0.714. The molecule has 0 radical (unpaired) electrons. The van der Waals surface area contributed by atoms with E-state index < -0.39 is 71.3 Å². The van der Waals surface area contributed by atoms with Gasteiger partial charge in [0.05, 0.1) is 47.8 Å². The van der Waals surface area contributed by atoms with E-state index in [4.69, 9.17) is 14.5 Å². The van der Waals surface area contributed by atoms with Crippen molar-refractivity contribution < 1.29 is 62.8 Å². The van der Waals surface area contributed by atoms with Crippen molar-refractivity contribution in [1.29, 1.82) is 0 Å². The van der Waals surface area contributed by atoms with Crippen molar-refractivity contribution in [3.63, 3.8) is 0 Å². The number of imide groups is 1. The normalized spacial score (nSPS) is 20.0. The average molecular weight is 1130 g/mol. The lowest BCUT2D eigenvalue weighted by atomic mass is 9.89. The largest absolute Gasteiger partial charge is 0.481 e. The number of thioether (sulfide) groups is 1. The van der Waals surface area contributed by atoms with Crippen molar-refractivity contribution in [2.45, 2.75) is 147 Å². The number of likely N-dealkylation sites (N-methyl/N-ethyl adjacent to an activating group) is 1. The molecule has 4 rings (SSSR count). The summed E-state index contributed by atoms with van der Waals surface area (Å²) in [6.45, 7) is 13.4. The third-order valence-corrected chi connectivity index (χ3v) is 16.9. The summed E-state index contributed by atoms with van der Waals surface area (Å²) in [6.07, 6.45) is 2.61. The van der Waals surface area contributed by atoms with Gasteiger partial charge in [-0.25, -0.2) is 9.79 Å². The van der Waals surface area contributed by atoms with Crippen molar-refractivity contribution >= 4 is 71.0 Å². The number of rotatable bonds is 30. The molecule has 7 amide bonds. The molecule has 4 N–H and O–H groups in total. The van der Waals surface area contributed by atoms with Crippen LogP contribution in [0.1, 0.15) is 105 Å². The van der Waals surface area contributed by atoms with Crippen molar-refractivity contribution in [2.75, 3.05) is 86.9 Å². The highest BCUT2D eigenvalue weighted by Gasteiger charge is 2.44. The predicted octanol–water partition coefficient (Wildman–Crippen LogP) is 3.06. The molecule has 10 atom stereocenters. The lowest BCUT2D eigenvalue weighted by molar-refractivity contribution is -0.147. The maximum absolute atomic E-state index is 14.8. The van der Waals surface area contributed by atoms with Crippen LogP contribution in [0.2, 0.25) is 0 Å². The first kappa shape index (κ1) is 65.7. The van der Waals surface area contributed by atoms with Gasteiger partial charge in [0.1, 0.15) is 12.1 Å². The second-order valence-corrected chi connectivity index (χ2v) is 23.0. The van der Waals surface area contributed by atoms with Crippen LogP contribution in [-0.4, -0.2) is 227 Å². The third kappa shape index (κ3) is 18.6. The van der Waals surface area contributed by atoms with Gasteiger partial charge in [-0.05, 0) is 43.1 Å². The molecule has 0 bridgehead atoms. The van der Waals surface area contributed by atoms with Gasteiger partial charge in [0, 0.05) is 113 Å². The van der Waals surface area contributed by atoms with Crippen LogP contribution in [0.3, 0.4) is 0 Å². The highest BCUT2D eigenvalue weighted by Crippen LogP contribution is 2.31. The zero-order chi connectivity index (χ0) is 58.7. The van der Waals surface area contributed by atoms with E-state index in [1.54, 1.807) is 43.0 Å². The molecule has 0 aliphatic carbocycles. The molecule has 3 fully saturated rings. The van der Waals surface area contributed by atoms with Crippen LogP contribution < -0.4 is 10.6 Å². The molecule has 0 spiro atoms. The molecule has 1 aromatic rings. The van der Waals surface area contributed by atoms with Crippen LogP contribution in [0.25, 0.3) is 0 Å². The van der Waals surface area contributed by atoms with Crippen LogP contribution in [0.5, 0.6) is 0 Å². The predicted molar refractivity (Wildman–Crippen MR) is 300 cm³/mol. The summed E-state index contributed by atoms with van der Waals surface area (Å²) >= 11 is 1.11. The number of likely N-dealkylation sites (tertiary alicyclic amines) is 2. The Kier molecular flexibility index (Phi) is 26.5. The molecule has 1 aromatic carbocycles. The first-order valence-corrected chi connectivity index (χ1v) is 28.9. The number of carbonyl (C=O) groups is 9. The number of carboxylic acid groups (broad SMARTS) is 2. The van der Waals surface area contributed by atoms with E-state index in [1.165, 1.54) is 18.9 Å². The maximum atomic E-state index is 14.8. The van der Waals surface area contributed by atoms with Gasteiger partial charge in [0.25, 0.3) is 0 Å². The summed E-state index contributed by atoms with van der Waals surface area (Å²) in [5.74, 6) is -5.48. The monoisotopic (exact) mass is 1130 g/mol. The van der Waals surface area contributed by atoms with E-state index in [-0.39, 0.29) is 85.4 Å². The SMILES string of the molecule is CC[C@H](C)[C@@H]([C@@H](CC(=O)N1CCC[C@H]1[C@H](OC)[C@@H](C)C(=O)N[C@@H](Cc1ccccc1)C(=O)O)OC)N(C)C(=O)[C@@H](/N=C(\N(C)C)N1CCN(C(=O)CCCCCN2C(=O)CC(SC[C@H](CNC(C)=O)C(=O)O)C2=O)CC1)C(C)C. The van der Waals surface area contributed by atoms with Crippen LogP contribution >= 0.6 is 11.8 Å². The number of unbranched alkanes of at least 4 members (excludes halogenated alkanes) is 2. The van der Waals surface area contributed by atoms with Gasteiger partial charge in [-0.15, -0.1) is 11.8 Å². The van der Waals surface area contributed by atoms with E-state index in [1.807, 2.05) is 69.8 Å². The van der Waals surface area contributed by atoms with E-state index in [0.29, 0.717) is 83.6 Å². The zero-order valence-electron chi connectivity index (χ0n) is 48.4. The fourth-order valence-corrected chi connectivity index (χ4v) is 12.0. The van der Waals surface area contributed by atoms with Gasteiger partial charge < -0.3 is 54.8 Å². The van der Waals surface area contributed by atoms with E-state index >= 15 is 0 Å². The number of guanidine groups is 1. The van der Waals surface area contributed by atoms with Crippen LogP contribution in [0, 0.1) is 23.7 Å². The summed E-state index contributed by atoms with van der Waals surface area (Å²) in [7, 11) is 8.51. The lowest BCUT2D eigenvalue weighted by Crippen LogP contribution is -2.56. The minimum Gasteiger partial charge on any atom is -0.481 e. The number of benzene rings is 1. The Balaban J connectivity index is 1.34. The Morgan fingerprint density at radius 3 is 2.09 bits per heavy atom. The number of ether oxygens (including phenoxy) is 2. The van der Waals surface area contributed by atoms with Crippen LogP contribution in [-0.2, 0) is 59.0 Å². The second-order valence-electron chi connectivity index (χ2n) is 21.8. The molecule has 23 heteroatoms. The number of carboxylic acids is 2. The van der Waals surface area contributed by atoms with Crippen LogP contribution in [0.4, 0.5) is 0 Å². The third-order valence-electron chi connectivity index (χ3n) is 15.5. The Hall–Kier alpha value is -5.81. The van der Waals surface area contributed by atoms with Crippen LogP contribution in [0.15, 0.2) is 35.3 Å². The lowest BCUT2D eigenvalue weighted by Gasteiger charge is -2.41. The minimum absolute atomic E-state index is 0.000654. The molecule has 442 valence electrons. The summed E-state index contributed by atoms with van der Waals surface area (Å²) in [5, 5.41) is 24.0. The number of amides is 7. The summed E-state index contributed by atoms with van der Waals surface area (Å²) < 4.78 is 12.0. The number of nitrogens with one attached hydrogen (secondary N) is 2. The molecule has 22 nitrogen and oxygen atoms in total. The summed E-state index contributed by atoms with van der Waals surface area (Å²) in [5.41, 5.74) is 0.767. The molecule has 1 unspecified atom stereocenters. The second kappa shape index (κ2) is 31.8. The molecule has 0 aromatic heterocycles. The molecular formula is C56H89N9O13S. The Bertz CT molecular complexity index is 2260. The molecule has 79 heavy (non-hydrogen) atoms. The summed E-state index contributed by atoms with van der Waals surface area (Å²) in [4.78, 5) is 133. The molecule has 3 aliphatic rings. The number of methoxy groups -OCH3 is 2. The first-order valence-electron chi connectivity index (χ1n) is 27.9. The van der Waals surface area contributed by atoms with Gasteiger partial charge >= 0.3 is 11.9 Å².